The molecule has 0 saturated heterocycles. The summed E-state index contributed by atoms with van der Waals surface area (Å²) >= 11 is 3.39. The zero-order chi connectivity index (χ0) is 22.8. The number of carbonyl (C=O) groups is 1. The van der Waals surface area contributed by atoms with Crippen LogP contribution in [-0.2, 0) is 6.61 Å². The van der Waals surface area contributed by atoms with E-state index in [1.54, 1.807) is 24.3 Å². The molecular weight excluding hydrogens is 488 g/mol. The Kier molecular flexibility index (Phi) is 5.54. The fourth-order valence-electron chi connectivity index (χ4n) is 3.42. The highest BCUT2D eigenvalue weighted by molar-refractivity contribution is 9.10. The van der Waals surface area contributed by atoms with Crippen LogP contribution >= 0.6 is 15.9 Å². The Morgan fingerprint density at radius 3 is 2.67 bits per heavy atom. The molecule has 0 spiro atoms. The molecule has 0 radical (unpaired) electrons. The summed E-state index contributed by atoms with van der Waals surface area (Å²) in [5.41, 5.74) is 3.22. The molecule has 0 bridgehead atoms. The number of nitrogens with one attached hydrogen (secondary N) is 3. The molecule has 2 heterocycles. The zero-order valence-corrected chi connectivity index (χ0v) is 18.7. The second-order valence-electron chi connectivity index (χ2n) is 7.29. The molecule has 1 amide bonds. The first-order valence-electron chi connectivity index (χ1n) is 10.0. The first-order chi connectivity index (χ1) is 16.0. The lowest BCUT2D eigenvalue weighted by Gasteiger charge is -2.09. The Morgan fingerprint density at radius 1 is 1.03 bits per heavy atom. The van der Waals surface area contributed by atoms with Gasteiger partial charge in [0, 0.05) is 27.0 Å². The van der Waals surface area contributed by atoms with E-state index in [1.807, 2.05) is 48.5 Å². The minimum atomic E-state index is -0.678. The molecule has 0 saturated carbocycles. The average Bonchev–Trinajstić information content (AvgIpc) is 3.45. The van der Waals surface area contributed by atoms with Crippen LogP contribution in [-0.4, -0.2) is 21.0 Å². The lowest BCUT2D eigenvalue weighted by molar-refractivity contribution is 0.102. The van der Waals surface area contributed by atoms with Crippen molar-refractivity contribution in [1.29, 1.82) is 0 Å². The van der Waals surface area contributed by atoms with Crippen molar-refractivity contribution in [1.82, 2.24) is 15.1 Å². The summed E-state index contributed by atoms with van der Waals surface area (Å²) < 4.78 is 11.2. The monoisotopic (exact) mass is 504 g/mol. The normalized spacial score (nSPS) is 10.9. The minimum Gasteiger partial charge on any atom is -0.489 e. The number of anilines is 1. The number of hydrogen-bond donors (Lipinski definition) is 3. The van der Waals surface area contributed by atoms with Crippen molar-refractivity contribution in [2.24, 2.45) is 0 Å². The van der Waals surface area contributed by atoms with Gasteiger partial charge in [-0.25, -0.2) is 4.79 Å². The van der Waals surface area contributed by atoms with Crippen LogP contribution in [0.1, 0.15) is 16.1 Å². The topological polar surface area (TPSA) is 113 Å². The summed E-state index contributed by atoms with van der Waals surface area (Å²) in [6, 6.07) is 22.5. The van der Waals surface area contributed by atoms with E-state index < -0.39 is 5.76 Å². The van der Waals surface area contributed by atoms with Gasteiger partial charge in [-0.2, -0.15) is 0 Å². The first kappa shape index (κ1) is 20.8. The van der Waals surface area contributed by atoms with E-state index in [0.717, 1.165) is 20.9 Å². The largest absolute Gasteiger partial charge is 0.489 e. The highest BCUT2D eigenvalue weighted by atomic mass is 79.9. The molecule has 33 heavy (non-hydrogen) atoms. The molecule has 0 aliphatic heterocycles. The Labute approximate surface area is 195 Å². The molecule has 5 rings (SSSR count). The molecule has 9 heteroatoms. The van der Waals surface area contributed by atoms with E-state index in [2.05, 4.69) is 40.9 Å². The van der Waals surface area contributed by atoms with E-state index in [-0.39, 0.29) is 11.7 Å². The maximum Gasteiger partial charge on any atom is 0.439 e. The fraction of sp³-hybridized carbons (Fsp3) is 0.0417. The maximum atomic E-state index is 13.0. The summed E-state index contributed by atoms with van der Waals surface area (Å²) in [5.74, 6) is -0.102. The van der Waals surface area contributed by atoms with E-state index in [9.17, 15) is 9.59 Å². The number of hydrogen-bond acceptors (Lipinski definition) is 5. The molecule has 5 aromatic rings. The molecule has 8 nitrogen and oxygen atoms in total. The molecule has 2 aromatic heterocycles. The molecule has 0 aliphatic rings. The van der Waals surface area contributed by atoms with Gasteiger partial charge in [-0.05, 0) is 42.0 Å². The Hall–Kier alpha value is -4.11. The Morgan fingerprint density at radius 2 is 1.88 bits per heavy atom. The van der Waals surface area contributed by atoms with Crippen LogP contribution in [0.3, 0.4) is 0 Å². The SMILES string of the molecule is O=C(Nc1ccc(Br)cc1-c1noc(=O)[nH]1)c1cc2ccc(OCc3ccccc3)cc2[nH]1. The number of ether oxygens (including phenoxy) is 1. The van der Waals surface area contributed by atoms with Crippen LogP contribution in [0.4, 0.5) is 5.69 Å². The lowest BCUT2D eigenvalue weighted by atomic mass is 10.1. The summed E-state index contributed by atoms with van der Waals surface area (Å²) in [6.07, 6.45) is 0. The molecule has 3 aromatic carbocycles. The number of halogens is 1. The molecule has 3 N–H and O–H groups in total. The van der Waals surface area contributed by atoms with Crippen molar-refractivity contribution in [3.63, 3.8) is 0 Å². The second kappa shape index (κ2) is 8.79. The van der Waals surface area contributed by atoms with E-state index in [0.29, 0.717) is 29.3 Å². The number of nitrogens with zero attached hydrogens (tertiary/aromatic N) is 1. The summed E-state index contributed by atoms with van der Waals surface area (Å²) in [6.45, 7) is 0.455. The number of benzene rings is 3. The third-order valence-electron chi connectivity index (χ3n) is 5.01. The van der Waals surface area contributed by atoms with Crippen molar-refractivity contribution in [2.75, 3.05) is 5.32 Å². The van der Waals surface area contributed by atoms with E-state index in [1.165, 1.54) is 0 Å². The van der Waals surface area contributed by atoms with Crippen LogP contribution in [0, 0.1) is 0 Å². The molecule has 0 aliphatic carbocycles. The highest BCUT2D eigenvalue weighted by Crippen LogP contribution is 2.29. The van der Waals surface area contributed by atoms with E-state index >= 15 is 0 Å². The third kappa shape index (κ3) is 4.58. The second-order valence-corrected chi connectivity index (χ2v) is 8.21. The van der Waals surface area contributed by atoms with Crippen LogP contribution in [0.2, 0.25) is 0 Å². The van der Waals surface area contributed by atoms with Crippen molar-refractivity contribution in [3.8, 4) is 17.1 Å². The predicted octanol–water partition coefficient (Wildman–Crippen LogP) is 5.11. The fourth-order valence-corrected chi connectivity index (χ4v) is 3.78. The molecular formula is C24H17BrN4O4. The Balaban J connectivity index is 1.36. The van der Waals surface area contributed by atoms with Crippen molar-refractivity contribution < 1.29 is 14.1 Å². The van der Waals surface area contributed by atoms with Gasteiger partial charge in [0.2, 0.25) is 0 Å². The third-order valence-corrected chi connectivity index (χ3v) is 5.51. The van der Waals surface area contributed by atoms with Crippen molar-refractivity contribution in [3.05, 3.63) is 99.1 Å². The van der Waals surface area contributed by atoms with Gasteiger partial charge in [-0.3, -0.25) is 14.3 Å². The minimum absolute atomic E-state index is 0.216. The van der Waals surface area contributed by atoms with Gasteiger partial charge in [0.05, 0.1) is 5.69 Å². The number of rotatable bonds is 6. The summed E-state index contributed by atoms with van der Waals surface area (Å²) in [5, 5.41) is 7.45. The number of carbonyl (C=O) groups excluding carboxylic acids is 1. The van der Waals surface area contributed by atoms with Gasteiger partial charge in [-0.1, -0.05) is 51.4 Å². The van der Waals surface area contributed by atoms with Crippen molar-refractivity contribution in [2.45, 2.75) is 6.61 Å². The molecule has 164 valence electrons. The smallest absolute Gasteiger partial charge is 0.439 e. The Bertz CT molecular complexity index is 1500. The van der Waals surface area contributed by atoms with Gasteiger partial charge in [-0.15, -0.1) is 0 Å². The predicted molar refractivity (Wildman–Crippen MR) is 127 cm³/mol. The van der Waals surface area contributed by atoms with Gasteiger partial charge in [0.15, 0.2) is 5.82 Å². The molecule has 0 fully saturated rings. The molecule has 0 atom stereocenters. The van der Waals surface area contributed by atoms with Crippen LogP contribution < -0.4 is 15.8 Å². The number of aromatic nitrogens is 3. The average molecular weight is 505 g/mol. The van der Waals surface area contributed by atoms with Gasteiger partial charge >= 0.3 is 5.76 Å². The van der Waals surface area contributed by atoms with Crippen LogP contribution in [0.25, 0.3) is 22.3 Å². The van der Waals surface area contributed by atoms with Gasteiger partial charge in [0.25, 0.3) is 5.91 Å². The van der Waals surface area contributed by atoms with Crippen LogP contribution in [0.5, 0.6) is 5.75 Å². The van der Waals surface area contributed by atoms with Gasteiger partial charge < -0.3 is 15.0 Å². The summed E-state index contributed by atoms with van der Waals surface area (Å²) in [7, 11) is 0. The number of amides is 1. The lowest BCUT2D eigenvalue weighted by Crippen LogP contribution is -2.13. The first-order valence-corrected chi connectivity index (χ1v) is 10.8. The standard InChI is InChI=1S/C24H17BrN4O4/c25-16-7-9-19(18(11-16)22-28-24(31)33-29-22)27-23(30)21-10-15-6-8-17(12-20(15)26-21)32-13-14-4-2-1-3-5-14/h1-12,26H,13H2,(H,27,30)(H,28,29,31). The highest BCUT2D eigenvalue weighted by Gasteiger charge is 2.16. The van der Waals surface area contributed by atoms with Gasteiger partial charge in [0.1, 0.15) is 18.1 Å². The zero-order valence-electron chi connectivity index (χ0n) is 17.1. The molecule has 0 unspecified atom stereocenters. The number of fused-ring (bicyclic) bond motifs is 1. The van der Waals surface area contributed by atoms with Crippen LogP contribution in [0.15, 0.2) is 86.6 Å². The summed E-state index contributed by atoms with van der Waals surface area (Å²) in [4.78, 5) is 29.9. The van der Waals surface area contributed by atoms with Crippen molar-refractivity contribution >= 4 is 38.4 Å². The maximum absolute atomic E-state index is 13.0. The quantitative estimate of drug-likeness (QED) is 0.297. The number of H-pyrrole nitrogens is 2. The number of aromatic amines is 2. The van der Waals surface area contributed by atoms with E-state index in [4.69, 9.17) is 4.74 Å².